The average Bonchev–Trinajstić information content (AvgIpc) is 2.67. The Morgan fingerprint density at radius 3 is 2.33 bits per heavy atom. The molecule has 0 unspecified atom stereocenters. The van der Waals surface area contributed by atoms with Crippen molar-refractivity contribution in [2.45, 2.75) is 18.4 Å². The van der Waals surface area contributed by atoms with Crippen LogP contribution in [0.3, 0.4) is 0 Å². The van der Waals surface area contributed by atoms with Gasteiger partial charge in [-0.3, -0.25) is 0 Å². The Labute approximate surface area is 159 Å². The Bertz CT molecular complexity index is 939. The molecule has 7 nitrogen and oxygen atoms in total. The number of carbonyl (C=O) groups is 1. The first kappa shape index (κ1) is 20.7. The highest BCUT2D eigenvalue weighted by Crippen LogP contribution is 2.28. The Morgan fingerprint density at radius 2 is 1.74 bits per heavy atom. The summed E-state index contributed by atoms with van der Waals surface area (Å²) >= 11 is 0. The van der Waals surface area contributed by atoms with Gasteiger partial charge in [-0.25, -0.2) is 13.2 Å². The van der Waals surface area contributed by atoms with E-state index in [-0.39, 0.29) is 17.0 Å². The van der Waals surface area contributed by atoms with Crippen molar-refractivity contribution in [3.63, 3.8) is 0 Å². The maximum Gasteiger partial charge on any atom is 0.337 e. The van der Waals surface area contributed by atoms with Crippen LogP contribution in [-0.2, 0) is 21.3 Å². The molecular formula is C19H23NO6S. The molecule has 27 heavy (non-hydrogen) atoms. The highest BCUT2D eigenvalue weighted by Gasteiger charge is 2.25. The van der Waals surface area contributed by atoms with Crippen LogP contribution in [0.5, 0.6) is 11.5 Å². The maximum atomic E-state index is 13.1. The van der Waals surface area contributed by atoms with Gasteiger partial charge in [0.1, 0.15) is 11.5 Å². The van der Waals surface area contributed by atoms with Gasteiger partial charge in [-0.05, 0) is 42.8 Å². The van der Waals surface area contributed by atoms with Crippen molar-refractivity contribution < 1.29 is 27.4 Å². The Balaban J connectivity index is 2.41. The summed E-state index contributed by atoms with van der Waals surface area (Å²) in [7, 11) is 1.92. The molecule has 0 aliphatic rings. The molecule has 0 aliphatic heterocycles. The SMILES string of the molecule is COC(=O)c1ccc(C)c(S(=O)(=O)N(C)Cc2cc(OC)ccc2OC)c1. The molecule has 0 fully saturated rings. The van der Waals surface area contributed by atoms with Crippen molar-refractivity contribution in [3.8, 4) is 11.5 Å². The van der Waals surface area contributed by atoms with Gasteiger partial charge in [0.25, 0.3) is 0 Å². The van der Waals surface area contributed by atoms with E-state index in [0.29, 0.717) is 22.6 Å². The van der Waals surface area contributed by atoms with Crippen molar-refractivity contribution in [2.75, 3.05) is 28.4 Å². The second-order valence-electron chi connectivity index (χ2n) is 5.91. The monoisotopic (exact) mass is 393 g/mol. The van der Waals surface area contributed by atoms with Crippen LogP contribution in [0.15, 0.2) is 41.3 Å². The van der Waals surface area contributed by atoms with Gasteiger partial charge < -0.3 is 14.2 Å². The predicted molar refractivity (Wildman–Crippen MR) is 101 cm³/mol. The van der Waals surface area contributed by atoms with Crippen LogP contribution in [0.25, 0.3) is 0 Å². The van der Waals surface area contributed by atoms with Gasteiger partial charge in [-0.2, -0.15) is 4.31 Å². The second kappa shape index (κ2) is 8.41. The van der Waals surface area contributed by atoms with E-state index < -0.39 is 16.0 Å². The van der Waals surface area contributed by atoms with Crippen LogP contribution in [0, 0.1) is 6.92 Å². The van der Waals surface area contributed by atoms with Gasteiger partial charge >= 0.3 is 5.97 Å². The summed E-state index contributed by atoms with van der Waals surface area (Å²) in [5.74, 6) is 0.557. The summed E-state index contributed by atoms with van der Waals surface area (Å²) in [5.41, 5.74) is 1.37. The first-order chi connectivity index (χ1) is 12.7. The Morgan fingerprint density at radius 1 is 1.04 bits per heavy atom. The highest BCUT2D eigenvalue weighted by atomic mass is 32.2. The molecule has 0 aliphatic carbocycles. The van der Waals surface area contributed by atoms with E-state index in [4.69, 9.17) is 9.47 Å². The molecule has 0 aromatic heterocycles. The van der Waals surface area contributed by atoms with Crippen LogP contribution in [-0.4, -0.2) is 47.1 Å². The van der Waals surface area contributed by atoms with Crippen LogP contribution in [0.2, 0.25) is 0 Å². The second-order valence-corrected chi connectivity index (χ2v) is 7.92. The Hall–Kier alpha value is -2.58. The molecule has 0 N–H and O–H groups in total. The highest BCUT2D eigenvalue weighted by molar-refractivity contribution is 7.89. The molecule has 0 radical (unpaired) electrons. The summed E-state index contributed by atoms with van der Waals surface area (Å²) in [5, 5.41) is 0. The van der Waals surface area contributed by atoms with E-state index >= 15 is 0 Å². The summed E-state index contributed by atoms with van der Waals surface area (Å²) in [6, 6.07) is 9.63. The van der Waals surface area contributed by atoms with E-state index in [0.717, 1.165) is 0 Å². The van der Waals surface area contributed by atoms with Gasteiger partial charge in [-0.1, -0.05) is 6.07 Å². The zero-order chi connectivity index (χ0) is 20.2. The quantitative estimate of drug-likeness (QED) is 0.673. The van der Waals surface area contributed by atoms with Crippen molar-refractivity contribution in [1.82, 2.24) is 4.31 Å². The zero-order valence-corrected chi connectivity index (χ0v) is 16.8. The standard InChI is InChI=1S/C19H23NO6S/c1-13-6-7-14(19(21)26-5)11-18(13)27(22,23)20(2)12-15-10-16(24-3)8-9-17(15)25-4/h6-11H,12H2,1-5H3. The van der Waals surface area contributed by atoms with Crippen LogP contribution >= 0.6 is 0 Å². The number of carbonyl (C=O) groups excluding carboxylic acids is 1. The molecule has 0 saturated carbocycles. The molecular weight excluding hydrogens is 370 g/mol. The largest absolute Gasteiger partial charge is 0.497 e. The first-order valence-corrected chi connectivity index (χ1v) is 9.54. The summed E-state index contributed by atoms with van der Waals surface area (Å²) < 4.78 is 42.6. The molecule has 146 valence electrons. The van der Waals surface area contributed by atoms with E-state index in [1.165, 1.54) is 44.8 Å². The lowest BCUT2D eigenvalue weighted by Crippen LogP contribution is -2.27. The molecule has 0 bridgehead atoms. The molecule has 0 atom stereocenters. The lowest BCUT2D eigenvalue weighted by atomic mass is 10.1. The molecule has 0 spiro atoms. The smallest absolute Gasteiger partial charge is 0.337 e. The minimum Gasteiger partial charge on any atom is -0.497 e. The van der Waals surface area contributed by atoms with Crippen LogP contribution in [0.1, 0.15) is 21.5 Å². The van der Waals surface area contributed by atoms with Crippen LogP contribution in [0.4, 0.5) is 0 Å². The number of sulfonamides is 1. The number of hydrogen-bond acceptors (Lipinski definition) is 6. The molecule has 2 aromatic rings. The summed E-state index contributed by atoms with van der Waals surface area (Å²) in [6.45, 7) is 1.75. The molecule has 2 aromatic carbocycles. The normalized spacial score (nSPS) is 11.3. The third kappa shape index (κ3) is 4.40. The van der Waals surface area contributed by atoms with E-state index in [1.807, 2.05) is 0 Å². The molecule has 8 heteroatoms. The fourth-order valence-corrected chi connectivity index (χ4v) is 4.02. The van der Waals surface area contributed by atoms with Crippen LogP contribution < -0.4 is 9.47 Å². The number of ether oxygens (including phenoxy) is 3. The number of aryl methyl sites for hydroxylation is 1. The number of methoxy groups -OCH3 is 3. The minimum atomic E-state index is -3.85. The van der Waals surface area contributed by atoms with Crippen molar-refractivity contribution >= 4 is 16.0 Å². The third-order valence-corrected chi connectivity index (χ3v) is 6.12. The number of nitrogens with zero attached hydrogens (tertiary/aromatic N) is 1. The van der Waals surface area contributed by atoms with Gasteiger partial charge in [-0.15, -0.1) is 0 Å². The van der Waals surface area contributed by atoms with Gasteiger partial charge in [0, 0.05) is 19.2 Å². The van der Waals surface area contributed by atoms with Gasteiger partial charge in [0.15, 0.2) is 0 Å². The molecule has 0 heterocycles. The first-order valence-electron chi connectivity index (χ1n) is 8.10. The van der Waals surface area contributed by atoms with Gasteiger partial charge in [0.2, 0.25) is 10.0 Å². The van der Waals surface area contributed by atoms with E-state index in [2.05, 4.69) is 4.74 Å². The Kier molecular flexibility index (Phi) is 6.45. The minimum absolute atomic E-state index is 0.0507. The van der Waals surface area contributed by atoms with Gasteiger partial charge in [0.05, 0.1) is 31.8 Å². The maximum absolute atomic E-state index is 13.1. The third-order valence-electron chi connectivity index (χ3n) is 4.18. The number of benzene rings is 2. The van der Waals surface area contributed by atoms with Crippen molar-refractivity contribution in [1.29, 1.82) is 0 Å². The van der Waals surface area contributed by atoms with E-state index in [1.54, 1.807) is 31.2 Å². The topological polar surface area (TPSA) is 82.1 Å². The summed E-state index contributed by atoms with van der Waals surface area (Å²) in [4.78, 5) is 11.8. The van der Waals surface area contributed by atoms with Crippen molar-refractivity contribution in [3.05, 3.63) is 53.1 Å². The average molecular weight is 393 g/mol. The molecule has 2 rings (SSSR count). The number of rotatable bonds is 7. The molecule has 0 amide bonds. The van der Waals surface area contributed by atoms with E-state index in [9.17, 15) is 13.2 Å². The number of hydrogen-bond donors (Lipinski definition) is 0. The summed E-state index contributed by atoms with van der Waals surface area (Å²) in [6.07, 6.45) is 0. The molecule has 0 saturated heterocycles. The lowest BCUT2D eigenvalue weighted by molar-refractivity contribution is 0.0600. The fourth-order valence-electron chi connectivity index (χ4n) is 2.62. The predicted octanol–water partition coefficient (Wildman–Crippen LogP) is 2.62. The number of esters is 1. The van der Waals surface area contributed by atoms with Crippen molar-refractivity contribution in [2.24, 2.45) is 0 Å². The fraction of sp³-hybridized carbons (Fsp3) is 0.316. The zero-order valence-electron chi connectivity index (χ0n) is 16.0. The lowest BCUT2D eigenvalue weighted by Gasteiger charge is -2.20.